The molecule has 0 amide bonds. The first-order valence-electron chi connectivity index (χ1n) is 6.54. The number of aromatic nitrogens is 2. The number of rotatable bonds is 5. The summed E-state index contributed by atoms with van der Waals surface area (Å²) < 4.78 is 1.76. The maximum absolute atomic E-state index is 9.10. The van der Waals surface area contributed by atoms with Gasteiger partial charge in [-0.1, -0.05) is 31.5 Å². The van der Waals surface area contributed by atoms with Crippen LogP contribution in [0.3, 0.4) is 0 Å². The zero-order chi connectivity index (χ0) is 14.5. The number of imidazole rings is 1. The summed E-state index contributed by atoms with van der Waals surface area (Å²) in [5.74, 6) is 0.950. The molecule has 1 heterocycles. The fourth-order valence-corrected chi connectivity index (χ4v) is 2.15. The lowest BCUT2D eigenvalue weighted by atomic mass is 10.1. The Labute approximate surface area is 124 Å². The van der Waals surface area contributed by atoms with Gasteiger partial charge < -0.3 is 5.32 Å². The molecule has 1 N–H and O–H groups in total. The molecule has 0 atom stereocenters. The Hall–Kier alpha value is -1.83. The SMILES string of the molecule is CC(C)CNCc1ccc(Cl)cc1-n1ccnc1C#N. The van der Waals surface area contributed by atoms with Crippen molar-refractivity contribution in [1.29, 1.82) is 5.26 Å². The average Bonchev–Trinajstić information content (AvgIpc) is 2.88. The summed E-state index contributed by atoms with van der Waals surface area (Å²) in [6.45, 7) is 6.00. The number of hydrogen-bond donors (Lipinski definition) is 1. The number of hydrogen-bond acceptors (Lipinski definition) is 3. The summed E-state index contributed by atoms with van der Waals surface area (Å²) in [6.07, 6.45) is 3.39. The Morgan fingerprint density at radius 2 is 2.25 bits per heavy atom. The number of nitriles is 1. The van der Waals surface area contributed by atoms with Crippen LogP contribution in [-0.2, 0) is 6.54 Å². The van der Waals surface area contributed by atoms with Gasteiger partial charge in [0.25, 0.3) is 0 Å². The van der Waals surface area contributed by atoms with E-state index in [1.54, 1.807) is 17.0 Å². The molecule has 4 nitrogen and oxygen atoms in total. The van der Waals surface area contributed by atoms with Crippen molar-refractivity contribution >= 4 is 11.6 Å². The summed E-state index contributed by atoms with van der Waals surface area (Å²) in [7, 11) is 0. The lowest BCUT2D eigenvalue weighted by Gasteiger charge is -2.13. The molecule has 0 bridgehead atoms. The Morgan fingerprint density at radius 3 is 2.95 bits per heavy atom. The molecule has 0 aliphatic carbocycles. The van der Waals surface area contributed by atoms with Crippen molar-refractivity contribution in [3.05, 3.63) is 47.0 Å². The first-order chi connectivity index (χ1) is 9.61. The first kappa shape index (κ1) is 14.6. The summed E-state index contributed by atoms with van der Waals surface area (Å²) in [6, 6.07) is 7.78. The molecule has 5 heteroatoms. The van der Waals surface area contributed by atoms with Crippen molar-refractivity contribution in [3.63, 3.8) is 0 Å². The zero-order valence-electron chi connectivity index (χ0n) is 11.6. The molecule has 2 aromatic rings. The Kier molecular flexibility index (Phi) is 4.78. The topological polar surface area (TPSA) is 53.6 Å². The van der Waals surface area contributed by atoms with Crippen LogP contribution in [0, 0.1) is 17.2 Å². The number of nitrogens with zero attached hydrogens (tertiary/aromatic N) is 3. The number of halogens is 1. The highest BCUT2D eigenvalue weighted by Gasteiger charge is 2.10. The third-order valence-corrected chi connectivity index (χ3v) is 3.15. The van der Waals surface area contributed by atoms with Crippen LogP contribution < -0.4 is 5.32 Å². The van der Waals surface area contributed by atoms with Gasteiger partial charge in [0.15, 0.2) is 0 Å². The van der Waals surface area contributed by atoms with Gasteiger partial charge >= 0.3 is 0 Å². The monoisotopic (exact) mass is 288 g/mol. The van der Waals surface area contributed by atoms with Crippen molar-refractivity contribution in [2.75, 3.05) is 6.54 Å². The molecule has 0 aliphatic heterocycles. The minimum absolute atomic E-state index is 0.359. The van der Waals surface area contributed by atoms with Gasteiger partial charge in [-0.25, -0.2) is 4.98 Å². The van der Waals surface area contributed by atoms with Gasteiger partial charge in [-0.15, -0.1) is 0 Å². The standard InChI is InChI=1S/C15H17ClN4/c1-11(2)9-18-10-12-3-4-13(16)7-14(12)20-6-5-19-15(20)8-17/h3-7,11,18H,9-10H2,1-2H3. The van der Waals surface area contributed by atoms with E-state index in [1.807, 2.05) is 18.2 Å². The average molecular weight is 289 g/mol. The molecule has 0 saturated heterocycles. The molecule has 20 heavy (non-hydrogen) atoms. The van der Waals surface area contributed by atoms with Crippen molar-refractivity contribution < 1.29 is 0 Å². The molecule has 0 radical (unpaired) electrons. The van der Waals surface area contributed by atoms with Crippen LogP contribution in [0.2, 0.25) is 5.02 Å². The molecule has 1 aromatic carbocycles. The fourth-order valence-electron chi connectivity index (χ4n) is 1.99. The predicted octanol–water partition coefficient (Wildman–Crippen LogP) is 3.14. The highest BCUT2D eigenvalue weighted by molar-refractivity contribution is 6.30. The van der Waals surface area contributed by atoms with Crippen LogP contribution >= 0.6 is 11.6 Å². The van der Waals surface area contributed by atoms with Gasteiger partial charge in [0, 0.05) is 24.0 Å². The van der Waals surface area contributed by atoms with Gasteiger partial charge in [0.05, 0.1) is 5.69 Å². The van der Waals surface area contributed by atoms with Crippen LogP contribution in [0.5, 0.6) is 0 Å². The molecule has 0 fully saturated rings. The van der Waals surface area contributed by atoms with E-state index in [-0.39, 0.29) is 0 Å². The van der Waals surface area contributed by atoms with Gasteiger partial charge in [0.1, 0.15) is 6.07 Å². The summed E-state index contributed by atoms with van der Waals surface area (Å²) in [5, 5.41) is 13.1. The Balaban J connectivity index is 2.32. The van der Waals surface area contributed by atoms with Crippen molar-refractivity contribution in [2.24, 2.45) is 5.92 Å². The van der Waals surface area contributed by atoms with Crippen LogP contribution in [0.4, 0.5) is 0 Å². The first-order valence-corrected chi connectivity index (χ1v) is 6.92. The Bertz CT molecular complexity index is 625. The molecule has 0 saturated carbocycles. The molecular formula is C15H17ClN4. The summed E-state index contributed by atoms with van der Waals surface area (Å²) in [5.41, 5.74) is 1.98. The second-order valence-corrected chi connectivity index (χ2v) is 5.47. The van der Waals surface area contributed by atoms with Crippen LogP contribution in [0.1, 0.15) is 25.2 Å². The lowest BCUT2D eigenvalue weighted by Crippen LogP contribution is -2.20. The molecule has 1 aromatic heterocycles. The van der Waals surface area contributed by atoms with E-state index in [1.165, 1.54) is 0 Å². The van der Waals surface area contributed by atoms with Gasteiger partial charge in [-0.2, -0.15) is 5.26 Å². The summed E-state index contributed by atoms with van der Waals surface area (Å²) >= 11 is 6.08. The molecule has 0 unspecified atom stereocenters. The van der Waals surface area contributed by atoms with Crippen LogP contribution in [-0.4, -0.2) is 16.1 Å². The van der Waals surface area contributed by atoms with Crippen molar-refractivity contribution in [2.45, 2.75) is 20.4 Å². The molecular weight excluding hydrogens is 272 g/mol. The second-order valence-electron chi connectivity index (χ2n) is 5.03. The van der Waals surface area contributed by atoms with E-state index in [2.05, 4.69) is 30.2 Å². The van der Waals surface area contributed by atoms with Crippen LogP contribution in [0.15, 0.2) is 30.6 Å². The van der Waals surface area contributed by atoms with Gasteiger partial charge in [-0.05, 0) is 30.2 Å². The van der Waals surface area contributed by atoms with E-state index in [9.17, 15) is 0 Å². The van der Waals surface area contributed by atoms with Crippen LogP contribution in [0.25, 0.3) is 5.69 Å². The lowest BCUT2D eigenvalue weighted by molar-refractivity contribution is 0.551. The van der Waals surface area contributed by atoms with E-state index in [0.717, 1.165) is 24.3 Å². The molecule has 2 rings (SSSR count). The Morgan fingerprint density at radius 1 is 1.45 bits per heavy atom. The largest absolute Gasteiger partial charge is 0.312 e. The quantitative estimate of drug-likeness (QED) is 0.919. The van der Waals surface area contributed by atoms with Crippen molar-refractivity contribution in [3.8, 4) is 11.8 Å². The third kappa shape index (κ3) is 3.38. The normalized spacial score (nSPS) is 10.8. The maximum atomic E-state index is 9.10. The van der Waals surface area contributed by atoms with E-state index >= 15 is 0 Å². The summed E-state index contributed by atoms with van der Waals surface area (Å²) in [4.78, 5) is 4.03. The predicted molar refractivity (Wildman–Crippen MR) is 79.8 cm³/mol. The van der Waals surface area contributed by atoms with Gasteiger partial charge in [0.2, 0.25) is 5.82 Å². The highest BCUT2D eigenvalue weighted by Crippen LogP contribution is 2.21. The zero-order valence-corrected chi connectivity index (χ0v) is 12.4. The van der Waals surface area contributed by atoms with Crippen molar-refractivity contribution in [1.82, 2.24) is 14.9 Å². The second kappa shape index (κ2) is 6.56. The van der Waals surface area contributed by atoms with E-state index in [4.69, 9.17) is 16.9 Å². The molecule has 0 aliphatic rings. The van der Waals surface area contributed by atoms with Gasteiger partial charge in [-0.3, -0.25) is 4.57 Å². The fraction of sp³-hybridized carbons (Fsp3) is 0.333. The van der Waals surface area contributed by atoms with E-state index in [0.29, 0.717) is 16.8 Å². The van der Waals surface area contributed by atoms with E-state index < -0.39 is 0 Å². The minimum Gasteiger partial charge on any atom is -0.312 e. The number of nitrogens with one attached hydrogen (secondary N) is 1. The molecule has 104 valence electrons. The molecule has 0 spiro atoms. The maximum Gasteiger partial charge on any atom is 0.217 e. The smallest absolute Gasteiger partial charge is 0.217 e. The highest BCUT2D eigenvalue weighted by atomic mass is 35.5. The third-order valence-electron chi connectivity index (χ3n) is 2.92. The minimum atomic E-state index is 0.359. The number of benzene rings is 1.